The Morgan fingerprint density at radius 1 is 1.55 bits per heavy atom. The van der Waals surface area contributed by atoms with Crippen LogP contribution in [0.2, 0.25) is 0 Å². The van der Waals surface area contributed by atoms with Gasteiger partial charge in [-0.25, -0.2) is 9.18 Å². The molecule has 0 aromatic rings. The number of halogens is 3. The number of carbonyl (C=O) groups is 1. The molecule has 0 bridgehead atoms. The zero-order valence-corrected chi connectivity index (χ0v) is 5.35. The van der Waals surface area contributed by atoms with Gasteiger partial charge in [0.2, 0.25) is 0 Å². The van der Waals surface area contributed by atoms with E-state index in [1.54, 1.807) is 0 Å². The largest absolute Gasteiger partial charge is 0.478 e. The van der Waals surface area contributed by atoms with Crippen LogP contribution in [0.25, 0.3) is 0 Å². The Hall–Kier alpha value is -1.26. The summed E-state index contributed by atoms with van der Waals surface area (Å²) in [6.45, 7) is 2.34. The number of carboxylic acid groups (broad SMARTS) is 1. The molecule has 0 rings (SSSR count). The smallest absolute Gasteiger partial charge is 0.328 e. The highest BCUT2D eigenvalue weighted by Crippen LogP contribution is 2.24. The monoisotopic (exact) mass is 166 g/mol. The van der Waals surface area contributed by atoms with E-state index in [9.17, 15) is 18.0 Å². The molecule has 0 saturated heterocycles. The van der Waals surface area contributed by atoms with Crippen LogP contribution >= 0.6 is 0 Å². The van der Waals surface area contributed by atoms with Gasteiger partial charge in [0.05, 0.1) is 0 Å². The third-order valence-corrected chi connectivity index (χ3v) is 0.797. The Balaban J connectivity index is 4.35. The molecule has 0 unspecified atom stereocenters. The van der Waals surface area contributed by atoms with Crippen LogP contribution in [-0.2, 0) is 4.79 Å². The van der Waals surface area contributed by atoms with Gasteiger partial charge in [-0.05, 0) is 6.08 Å². The maximum absolute atomic E-state index is 12.1. The number of rotatable bonds is 3. The first-order valence-electron chi connectivity index (χ1n) is 2.51. The number of carboxylic acids is 1. The van der Waals surface area contributed by atoms with Crippen LogP contribution in [0.4, 0.5) is 13.2 Å². The maximum atomic E-state index is 12.1. The van der Waals surface area contributed by atoms with Gasteiger partial charge in [-0.15, -0.1) is 0 Å². The summed E-state index contributed by atoms with van der Waals surface area (Å²) in [5.74, 6) is -7.33. The average Bonchev–Trinajstić information content (AvgIpc) is 1.84. The summed E-state index contributed by atoms with van der Waals surface area (Å²) >= 11 is 0. The van der Waals surface area contributed by atoms with E-state index in [4.69, 9.17) is 5.11 Å². The molecule has 2 nitrogen and oxygen atoms in total. The molecule has 0 atom stereocenters. The summed E-state index contributed by atoms with van der Waals surface area (Å²) < 4.78 is 35.9. The lowest BCUT2D eigenvalue weighted by Gasteiger charge is -2.05. The first kappa shape index (κ1) is 9.74. The Morgan fingerprint density at radius 3 is 2.27 bits per heavy atom. The quantitative estimate of drug-likeness (QED) is 0.648. The number of alkyl halides is 2. The van der Waals surface area contributed by atoms with Gasteiger partial charge in [0.15, 0.2) is 5.83 Å². The van der Waals surface area contributed by atoms with Crippen molar-refractivity contribution in [2.24, 2.45) is 0 Å². The molecule has 1 N–H and O–H groups in total. The van der Waals surface area contributed by atoms with E-state index in [0.717, 1.165) is 0 Å². The predicted octanol–water partition coefficient (Wildman–Crippen LogP) is 1.75. The lowest BCUT2D eigenvalue weighted by Crippen LogP contribution is -2.12. The van der Waals surface area contributed by atoms with Gasteiger partial charge < -0.3 is 5.11 Å². The zero-order valence-electron chi connectivity index (χ0n) is 5.35. The second kappa shape index (κ2) is 3.23. The fourth-order valence-corrected chi connectivity index (χ4v) is 0.266. The molecule has 0 radical (unpaired) electrons. The van der Waals surface area contributed by atoms with E-state index in [1.807, 2.05) is 0 Å². The van der Waals surface area contributed by atoms with Crippen LogP contribution in [0.3, 0.4) is 0 Å². The van der Waals surface area contributed by atoms with Crippen LogP contribution < -0.4 is 0 Å². The molecule has 0 heterocycles. The minimum Gasteiger partial charge on any atom is -0.478 e. The second-order valence-corrected chi connectivity index (χ2v) is 1.70. The summed E-state index contributed by atoms with van der Waals surface area (Å²) in [5, 5.41) is 7.89. The number of aliphatic carboxylic acids is 1. The molecule has 0 aliphatic carbocycles. The average molecular weight is 166 g/mol. The maximum Gasteiger partial charge on any atom is 0.328 e. The van der Waals surface area contributed by atoms with E-state index < -0.39 is 17.7 Å². The zero-order chi connectivity index (χ0) is 9.07. The van der Waals surface area contributed by atoms with Crippen molar-refractivity contribution in [3.8, 4) is 0 Å². The fourth-order valence-electron chi connectivity index (χ4n) is 0.266. The van der Waals surface area contributed by atoms with Crippen molar-refractivity contribution in [3.63, 3.8) is 0 Å². The molecule has 11 heavy (non-hydrogen) atoms. The number of hydrogen-bond donors (Lipinski definition) is 1. The SMILES string of the molecule is C=C(F)C(F)(F)C=CC(=O)O. The molecule has 0 saturated carbocycles. The predicted molar refractivity (Wildman–Crippen MR) is 32.0 cm³/mol. The van der Waals surface area contributed by atoms with Gasteiger partial charge in [0, 0.05) is 6.08 Å². The molecule has 0 amide bonds. The topological polar surface area (TPSA) is 37.3 Å². The summed E-state index contributed by atoms with van der Waals surface area (Å²) in [4.78, 5) is 9.70. The van der Waals surface area contributed by atoms with E-state index in [0.29, 0.717) is 0 Å². The molecule has 0 aliphatic heterocycles. The van der Waals surface area contributed by atoms with E-state index in [-0.39, 0.29) is 12.2 Å². The highest BCUT2D eigenvalue weighted by atomic mass is 19.3. The minimum atomic E-state index is -3.89. The van der Waals surface area contributed by atoms with Crippen molar-refractivity contribution in [2.45, 2.75) is 5.92 Å². The molecular weight excluding hydrogens is 161 g/mol. The molecule has 0 aromatic heterocycles. The first-order valence-corrected chi connectivity index (χ1v) is 2.51. The van der Waals surface area contributed by atoms with Crippen molar-refractivity contribution in [2.75, 3.05) is 0 Å². The molecule has 62 valence electrons. The summed E-state index contributed by atoms with van der Waals surface area (Å²) in [7, 11) is 0. The van der Waals surface area contributed by atoms with Gasteiger partial charge in [0.25, 0.3) is 0 Å². The first-order chi connectivity index (χ1) is 4.86. The van der Waals surface area contributed by atoms with Crippen molar-refractivity contribution in [1.82, 2.24) is 0 Å². The Bertz CT molecular complexity index is 208. The summed E-state index contributed by atoms with van der Waals surface area (Å²) in [5.41, 5.74) is 0. The standard InChI is InChI=1S/C6H5F3O2/c1-4(7)6(8,9)3-2-5(10)11/h2-3H,1H2,(H,10,11). The normalized spacial score (nSPS) is 11.9. The highest BCUT2D eigenvalue weighted by Gasteiger charge is 2.29. The van der Waals surface area contributed by atoms with Crippen LogP contribution in [0.1, 0.15) is 0 Å². The molecule has 0 fully saturated rings. The van der Waals surface area contributed by atoms with Gasteiger partial charge in [-0.3, -0.25) is 0 Å². The number of hydrogen-bond acceptors (Lipinski definition) is 1. The van der Waals surface area contributed by atoms with E-state index in [1.165, 1.54) is 0 Å². The molecule has 0 aromatic carbocycles. The van der Waals surface area contributed by atoms with Gasteiger partial charge in [-0.1, -0.05) is 6.58 Å². The lowest BCUT2D eigenvalue weighted by atomic mass is 10.3. The van der Waals surface area contributed by atoms with Crippen molar-refractivity contribution < 1.29 is 23.1 Å². The second-order valence-electron chi connectivity index (χ2n) is 1.70. The Labute approximate surface area is 60.6 Å². The van der Waals surface area contributed by atoms with Gasteiger partial charge >= 0.3 is 11.9 Å². The molecule has 0 aliphatic rings. The van der Waals surface area contributed by atoms with Crippen molar-refractivity contribution in [1.29, 1.82) is 0 Å². The molecule has 5 heteroatoms. The third kappa shape index (κ3) is 3.44. The van der Waals surface area contributed by atoms with E-state index in [2.05, 4.69) is 6.58 Å². The Morgan fingerprint density at radius 2 is 2.00 bits per heavy atom. The van der Waals surface area contributed by atoms with Crippen molar-refractivity contribution >= 4 is 5.97 Å². The summed E-state index contributed by atoms with van der Waals surface area (Å²) in [6.07, 6.45) is 0.0857. The van der Waals surface area contributed by atoms with Crippen LogP contribution in [0.5, 0.6) is 0 Å². The third-order valence-electron chi connectivity index (χ3n) is 0.797. The van der Waals surface area contributed by atoms with E-state index >= 15 is 0 Å². The minimum absolute atomic E-state index is 0.0718. The van der Waals surface area contributed by atoms with Gasteiger partial charge in [0.1, 0.15) is 0 Å². The van der Waals surface area contributed by atoms with Crippen LogP contribution in [0, 0.1) is 0 Å². The Kier molecular flexibility index (Phi) is 2.86. The highest BCUT2D eigenvalue weighted by molar-refractivity contribution is 5.79. The van der Waals surface area contributed by atoms with Crippen molar-refractivity contribution in [3.05, 3.63) is 24.6 Å². The fraction of sp³-hybridized carbons (Fsp3) is 0.167. The lowest BCUT2D eigenvalue weighted by molar-refractivity contribution is -0.131. The van der Waals surface area contributed by atoms with Gasteiger partial charge in [-0.2, -0.15) is 8.78 Å². The van der Waals surface area contributed by atoms with Crippen LogP contribution in [-0.4, -0.2) is 17.0 Å². The molecular formula is C6H5F3O2. The van der Waals surface area contributed by atoms with Crippen LogP contribution in [0.15, 0.2) is 24.6 Å². The number of allylic oxidation sites excluding steroid dienone is 2. The molecule has 0 spiro atoms. The summed E-state index contributed by atoms with van der Waals surface area (Å²) in [6, 6.07) is 0.